The summed E-state index contributed by atoms with van der Waals surface area (Å²) in [7, 11) is 3.42. The smallest absolute Gasteiger partial charge is 0.126 e. The van der Waals surface area contributed by atoms with E-state index in [0.717, 1.165) is 47.8 Å². The molecule has 166 valence electrons. The maximum Gasteiger partial charge on any atom is 0.126 e. The summed E-state index contributed by atoms with van der Waals surface area (Å²) < 4.78 is 17.3. The van der Waals surface area contributed by atoms with Gasteiger partial charge in [-0.3, -0.25) is 0 Å². The van der Waals surface area contributed by atoms with Gasteiger partial charge in [0.1, 0.15) is 17.2 Å². The molecule has 0 aromatic heterocycles. The first kappa shape index (κ1) is 24.1. The number of ether oxygens (including phenoxy) is 3. The summed E-state index contributed by atoms with van der Waals surface area (Å²) >= 11 is 0. The lowest BCUT2D eigenvalue weighted by Crippen LogP contribution is -2.08. The van der Waals surface area contributed by atoms with Crippen LogP contribution >= 0.6 is 0 Å². The number of hydrogen-bond donors (Lipinski definition) is 0. The fraction of sp³-hybridized carbons (Fsp3) is 0.556. The summed E-state index contributed by atoms with van der Waals surface area (Å²) in [6.45, 7) is 12.1. The van der Waals surface area contributed by atoms with Gasteiger partial charge >= 0.3 is 0 Å². The third kappa shape index (κ3) is 7.93. The Morgan fingerprint density at radius 2 is 1.60 bits per heavy atom. The van der Waals surface area contributed by atoms with Gasteiger partial charge in [-0.1, -0.05) is 52.7 Å². The zero-order valence-electron chi connectivity index (χ0n) is 20.0. The second-order valence-corrected chi connectivity index (χ2v) is 9.67. The Hall–Kier alpha value is -2.16. The van der Waals surface area contributed by atoms with Crippen LogP contribution in [-0.4, -0.2) is 20.8 Å². The maximum absolute atomic E-state index is 6.07. The number of hydrogen-bond acceptors (Lipinski definition) is 3. The van der Waals surface area contributed by atoms with Crippen LogP contribution in [-0.2, 0) is 6.42 Å². The Morgan fingerprint density at radius 3 is 2.20 bits per heavy atom. The Morgan fingerprint density at radius 1 is 0.933 bits per heavy atom. The van der Waals surface area contributed by atoms with E-state index in [1.54, 1.807) is 14.2 Å². The lowest BCUT2D eigenvalue weighted by Gasteiger charge is -2.19. The molecule has 2 rings (SSSR count). The molecule has 1 unspecified atom stereocenters. The van der Waals surface area contributed by atoms with E-state index in [-0.39, 0.29) is 0 Å². The molecule has 0 fully saturated rings. The van der Waals surface area contributed by atoms with Crippen molar-refractivity contribution >= 4 is 0 Å². The van der Waals surface area contributed by atoms with E-state index in [2.05, 4.69) is 58.0 Å². The molecule has 0 saturated carbocycles. The minimum absolute atomic E-state index is 0.430. The van der Waals surface area contributed by atoms with Crippen LogP contribution in [0.3, 0.4) is 0 Å². The SMILES string of the molecule is COc1cc(C)cc(OC)c1Cc1cccc(OCCC(C)CCCC(C)(C)C)c1. The van der Waals surface area contributed by atoms with Crippen molar-refractivity contribution in [2.45, 2.75) is 66.7 Å². The molecule has 3 nitrogen and oxygen atoms in total. The van der Waals surface area contributed by atoms with Crippen molar-refractivity contribution in [3.8, 4) is 17.2 Å². The largest absolute Gasteiger partial charge is 0.496 e. The molecule has 2 aromatic rings. The van der Waals surface area contributed by atoms with Crippen molar-refractivity contribution in [2.75, 3.05) is 20.8 Å². The van der Waals surface area contributed by atoms with Crippen LogP contribution in [0.2, 0.25) is 0 Å². The van der Waals surface area contributed by atoms with Gasteiger partial charge in [-0.25, -0.2) is 0 Å². The summed E-state index contributed by atoms with van der Waals surface area (Å²) in [6.07, 6.45) is 5.68. The first-order chi connectivity index (χ1) is 14.2. The molecule has 0 aliphatic rings. The molecule has 0 heterocycles. The summed E-state index contributed by atoms with van der Waals surface area (Å²) in [4.78, 5) is 0. The quantitative estimate of drug-likeness (QED) is 0.390. The Bertz CT molecular complexity index is 764. The van der Waals surface area contributed by atoms with Crippen LogP contribution in [0.5, 0.6) is 17.2 Å². The first-order valence-electron chi connectivity index (χ1n) is 11.1. The van der Waals surface area contributed by atoms with Crippen LogP contribution in [0.15, 0.2) is 36.4 Å². The molecule has 1 atom stereocenters. The maximum atomic E-state index is 6.07. The number of rotatable bonds is 11. The van der Waals surface area contributed by atoms with Gasteiger partial charge in [-0.2, -0.15) is 0 Å². The van der Waals surface area contributed by atoms with Gasteiger partial charge in [0, 0.05) is 12.0 Å². The van der Waals surface area contributed by atoms with E-state index in [1.165, 1.54) is 24.8 Å². The van der Waals surface area contributed by atoms with Gasteiger partial charge in [-0.05, 0) is 66.5 Å². The summed E-state index contributed by atoms with van der Waals surface area (Å²) in [5.74, 6) is 3.35. The number of aryl methyl sites for hydroxylation is 1. The molecule has 0 N–H and O–H groups in total. The van der Waals surface area contributed by atoms with E-state index in [9.17, 15) is 0 Å². The predicted molar refractivity (Wildman–Crippen MR) is 126 cm³/mol. The normalized spacial score (nSPS) is 12.5. The highest BCUT2D eigenvalue weighted by atomic mass is 16.5. The molecule has 0 bridgehead atoms. The zero-order valence-corrected chi connectivity index (χ0v) is 20.0. The highest BCUT2D eigenvalue weighted by Crippen LogP contribution is 2.33. The van der Waals surface area contributed by atoms with E-state index < -0.39 is 0 Å². The van der Waals surface area contributed by atoms with E-state index in [4.69, 9.17) is 14.2 Å². The molecule has 0 spiro atoms. The van der Waals surface area contributed by atoms with E-state index >= 15 is 0 Å². The lowest BCUT2D eigenvalue weighted by molar-refractivity contribution is 0.269. The van der Waals surface area contributed by atoms with E-state index in [0.29, 0.717) is 11.3 Å². The van der Waals surface area contributed by atoms with Crippen molar-refractivity contribution < 1.29 is 14.2 Å². The van der Waals surface area contributed by atoms with Crippen molar-refractivity contribution in [1.82, 2.24) is 0 Å². The lowest BCUT2D eigenvalue weighted by atomic mass is 9.88. The van der Waals surface area contributed by atoms with Crippen LogP contribution in [0.25, 0.3) is 0 Å². The van der Waals surface area contributed by atoms with Gasteiger partial charge in [0.15, 0.2) is 0 Å². The van der Waals surface area contributed by atoms with Gasteiger partial charge in [0.25, 0.3) is 0 Å². The molecule has 0 amide bonds. The highest BCUT2D eigenvalue weighted by molar-refractivity contribution is 5.50. The summed E-state index contributed by atoms with van der Waals surface area (Å²) in [5, 5.41) is 0. The topological polar surface area (TPSA) is 27.7 Å². The molecular formula is C27H40O3. The second kappa shape index (κ2) is 11.3. The standard InChI is InChI=1S/C27H40O3/c1-20(10-9-14-27(3,4)5)13-15-30-23-12-8-11-22(18-23)19-24-25(28-6)16-21(2)17-26(24)29-7/h8,11-12,16-18,20H,9-10,13-15,19H2,1-7H3. The third-order valence-electron chi connectivity index (χ3n) is 5.53. The van der Waals surface area contributed by atoms with Gasteiger partial charge in [-0.15, -0.1) is 0 Å². The van der Waals surface area contributed by atoms with Gasteiger partial charge in [0.05, 0.1) is 20.8 Å². The fourth-order valence-corrected chi connectivity index (χ4v) is 3.74. The van der Waals surface area contributed by atoms with Gasteiger partial charge < -0.3 is 14.2 Å². The molecule has 2 aromatic carbocycles. The molecular weight excluding hydrogens is 372 g/mol. The highest BCUT2D eigenvalue weighted by Gasteiger charge is 2.13. The molecule has 0 saturated heterocycles. The average molecular weight is 413 g/mol. The predicted octanol–water partition coefficient (Wildman–Crippen LogP) is 7.22. The summed E-state index contributed by atoms with van der Waals surface area (Å²) in [5.41, 5.74) is 3.81. The number of benzene rings is 2. The first-order valence-corrected chi connectivity index (χ1v) is 11.1. The van der Waals surface area contributed by atoms with Crippen LogP contribution in [0, 0.1) is 18.3 Å². The minimum atomic E-state index is 0.430. The van der Waals surface area contributed by atoms with Crippen LogP contribution < -0.4 is 14.2 Å². The van der Waals surface area contributed by atoms with Crippen molar-refractivity contribution in [3.05, 3.63) is 53.1 Å². The van der Waals surface area contributed by atoms with E-state index in [1.807, 2.05) is 13.0 Å². The number of methoxy groups -OCH3 is 2. The molecule has 0 aliphatic carbocycles. The van der Waals surface area contributed by atoms with Crippen molar-refractivity contribution in [3.63, 3.8) is 0 Å². The molecule has 3 heteroatoms. The third-order valence-corrected chi connectivity index (χ3v) is 5.53. The average Bonchev–Trinajstić information content (AvgIpc) is 2.68. The van der Waals surface area contributed by atoms with Crippen LogP contribution in [0.1, 0.15) is 70.1 Å². The second-order valence-electron chi connectivity index (χ2n) is 9.67. The Kier molecular flexibility index (Phi) is 9.08. The van der Waals surface area contributed by atoms with Crippen molar-refractivity contribution in [1.29, 1.82) is 0 Å². The van der Waals surface area contributed by atoms with Crippen molar-refractivity contribution in [2.24, 2.45) is 11.3 Å². The minimum Gasteiger partial charge on any atom is -0.496 e. The Balaban J connectivity index is 1.93. The molecule has 0 aliphatic heterocycles. The monoisotopic (exact) mass is 412 g/mol. The summed E-state index contributed by atoms with van der Waals surface area (Å²) in [6, 6.07) is 12.5. The molecule has 0 radical (unpaired) electrons. The molecule has 30 heavy (non-hydrogen) atoms. The fourth-order valence-electron chi connectivity index (χ4n) is 3.74. The zero-order chi connectivity index (χ0) is 22.1. The van der Waals surface area contributed by atoms with Crippen LogP contribution in [0.4, 0.5) is 0 Å². The Labute approximate surface area is 183 Å². The van der Waals surface area contributed by atoms with Gasteiger partial charge in [0.2, 0.25) is 0 Å².